The third kappa shape index (κ3) is 3.64. The molecule has 1 atom stereocenters. The summed E-state index contributed by atoms with van der Waals surface area (Å²) in [6.07, 6.45) is 3.70. The van der Waals surface area contributed by atoms with Crippen LogP contribution in [0, 0.1) is 18.2 Å². The number of carbonyl (C=O) groups excluding carboxylic acids is 1. The monoisotopic (exact) mass is 356 g/mol. The summed E-state index contributed by atoms with van der Waals surface area (Å²) in [5, 5.41) is 6.25. The van der Waals surface area contributed by atoms with Crippen molar-refractivity contribution < 1.29 is 9.18 Å². The number of amides is 1. The van der Waals surface area contributed by atoms with Gasteiger partial charge in [0, 0.05) is 12.2 Å². The van der Waals surface area contributed by atoms with E-state index in [1.165, 1.54) is 6.07 Å². The minimum Gasteiger partial charge on any atom is -0.325 e. The zero-order valence-electron chi connectivity index (χ0n) is 12.6. The highest BCUT2D eigenvalue weighted by molar-refractivity contribution is 9.10. The van der Waals surface area contributed by atoms with Crippen LogP contribution in [0.5, 0.6) is 0 Å². The lowest BCUT2D eigenvalue weighted by atomic mass is 9.76. The second-order valence-corrected chi connectivity index (χ2v) is 6.70. The molecule has 2 rings (SSSR count). The molecule has 1 aromatic rings. The van der Waals surface area contributed by atoms with E-state index in [2.05, 4.69) is 33.5 Å². The van der Waals surface area contributed by atoms with Gasteiger partial charge in [-0.25, -0.2) is 4.39 Å². The summed E-state index contributed by atoms with van der Waals surface area (Å²) in [7, 11) is 0. The summed E-state index contributed by atoms with van der Waals surface area (Å²) in [5.74, 6) is -0.358. The van der Waals surface area contributed by atoms with E-state index in [0.717, 1.165) is 37.8 Å². The molecule has 1 heterocycles. The molecule has 1 aliphatic rings. The molecule has 1 aromatic carbocycles. The fourth-order valence-electron chi connectivity index (χ4n) is 3.00. The minimum absolute atomic E-state index is 0.00127. The number of aryl methyl sites for hydroxylation is 1. The molecule has 1 unspecified atom stereocenters. The molecular weight excluding hydrogens is 335 g/mol. The van der Waals surface area contributed by atoms with Crippen molar-refractivity contribution in [1.29, 1.82) is 0 Å². The van der Waals surface area contributed by atoms with Crippen molar-refractivity contribution in [2.45, 2.75) is 39.5 Å². The summed E-state index contributed by atoms with van der Waals surface area (Å²) in [4.78, 5) is 12.7. The predicted octanol–water partition coefficient (Wildman–Crippen LogP) is 4.01. The number of hydrogen-bond acceptors (Lipinski definition) is 2. The van der Waals surface area contributed by atoms with Crippen LogP contribution in [0.1, 0.15) is 38.2 Å². The van der Waals surface area contributed by atoms with Crippen molar-refractivity contribution in [3.05, 3.63) is 28.0 Å². The van der Waals surface area contributed by atoms with Gasteiger partial charge in [0.1, 0.15) is 5.82 Å². The minimum atomic E-state index is -0.372. The molecular formula is C16H22BrFN2O. The average Bonchev–Trinajstić information content (AvgIpc) is 2.46. The number of hydrogen-bond donors (Lipinski definition) is 2. The molecule has 1 saturated heterocycles. The highest BCUT2D eigenvalue weighted by atomic mass is 79.9. The molecule has 0 aromatic heterocycles. The standard InChI is InChI=1S/C16H22BrFN2O/c1-3-5-16(6-4-7-19-10-16)15(21)20-14-9-13(18)12(17)8-11(14)2/h8-9,19H,3-7,10H2,1-2H3,(H,20,21). The van der Waals surface area contributed by atoms with E-state index in [1.807, 2.05) is 6.92 Å². The fourth-order valence-corrected chi connectivity index (χ4v) is 3.46. The van der Waals surface area contributed by atoms with Gasteiger partial charge in [-0.05, 0) is 66.4 Å². The maximum absolute atomic E-state index is 13.7. The highest BCUT2D eigenvalue weighted by Gasteiger charge is 2.38. The quantitative estimate of drug-likeness (QED) is 0.855. The first-order chi connectivity index (χ1) is 9.98. The van der Waals surface area contributed by atoms with Crippen LogP contribution < -0.4 is 10.6 Å². The normalized spacial score (nSPS) is 22.1. The first kappa shape index (κ1) is 16.4. The maximum Gasteiger partial charge on any atom is 0.231 e. The smallest absolute Gasteiger partial charge is 0.231 e. The van der Waals surface area contributed by atoms with E-state index in [0.29, 0.717) is 16.7 Å². The molecule has 2 N–H and O–H groups in total. The Morgan fingerprint density at radius 2 is 2.29 bits per heavy atom. The largest absolute Gasteiger partial charge is 0.325 e. The van der Waals surface area contributed by atoms with Crippen LogP contribution in [0.3, 0.4) is 0 Å². The third-order valence-corrected chi connectivity index (χ3v) is 4.81. The number of rotatable bonds is 4. The molecule has 0 spiro atoms. The van der Waals surface area contributed by atoms with Crippen LogP contribution in [0.15, 0.2) is 16.6 Å². The van der Waals surface area contributed by atoms with Gasteiger partial charge in [0.15, 0.2) is 0 Å². The van der Waals surface area contributed by atoms with Crippen molar-refractivity contribution in [2.24, 2.45) is 5.41 Å². The number of benzene rings is 1. The van der Waals surface area contributed by atoms with Gasteiger partial charge >= 0.3 is 0 Å². The lowest BCUT2D eigenvalue weighted by Gasteiger charge is -2.36. The molecule has 116 valence electrons. The van der Waals surface area contributed by atoms with Gasteiger partial charge in [-0.2, -0.15) is 0 Å². The Morgan fingerprint density at radius 3 is 2.90 bits per heavy atom. The van der Waals surface area contributed by atoms with Crippen LogP contribution in [0.25, 0.3) is 0 Å². The highest BCUT2D eigenvalue weighted by Crippen LogP contribution is 2.34. The van der Waals surface area contributed by atoms with Gasteiger partial charge in [-0.3, -0.25) is 4.79 Å². The Labute approximate surface area is 133 Å². The van der Waals surface area contributed by atoms with Gasteiger partial charge in [0.25, 0.3) is 0 Å². The van der Waals surface area contributed by atoms with Crippen LogP contribution in [0.2, 0.25) is 0 Å². The lowest BCUT2D eigenvalue weighted by molar-refractivity contribution is -0.127. The van der Waals surface area contributed by atoms with Crippen molar-refractivity contribution in [3.63, 3.8) is 0 Å². The third-order valence-electron chi connectivity index (χ3n) is 4.20. The molecule has 1 aliphatic heterocycles. The zero-order valence-corrected chi connectivity index (χ0v) is 14.1. The Hall–Kier alpha value is -0.940. The Balaban J connectivity index is 2.21. The molecule has 0 aliphatic carbocycles. The first-order valence-electron chi connectivity index (χ1n) is 7.46. The maximum atomic E-state index is 13.7. The van der Waals surface area contributed by atoms with Crippen LogP contribution in [-0.4, -0.2) is 19.0 Å². The molecule has 1 fully saturated rings. The lowest BCUT2D eigenvalue weighted by Crippen LogP contribution is -2.48. The Morgan fingerprint density at radius 1 is 1.52 bits per heavy atom. The second-order valence-electron chi connectivity index (χ2n) is 5.85. The van der Waals surface area contributed by atoms with E-state index in [9.17, 15) is 9.18 Å². The van der Waals surface area contributed by atoms with Crippen LogP contribution >= 0.6 is 15.9 Å². The van der Waals surface area contributed by atoms with Gasteiger partial charge in [-0.15, -0.1) is 0 Å². The molecule has 21 heavy (non-hydrogen) atoms. The van der Waals surface area contributed by atoms with E-state index in [-0.39, 0.29) is 17.1 Å². The van der Waals surface area contributed by atoms with E-state index in [1.54, 1.807) is 6.07 Å². The number of halogens is 2. The number of carbonyl (C=O) groups is 1. The number of anilines is 1. The fraction of sp³-hybridized carbons (Fsp3) is 0.562. The zero-order chi connectivity index (χ0) is 15.5. The van der Waals surface area contributed by atoms with Crippen LogP contribution in [-0.2, 0) is 4.79 Å². The van der Waals surface area contributed by atoms with E-state index in [4.69, 9.17) is 0 Å². The van der Waals surface area contributed by atoms with Crippen molar-refractivity contribution in [3.8, 4) is 0 Å². The van der Waals surface area contributed by atoms with Crippen molar-refractivity contribution in [2.75, 3.05) is 18.4 Å². The number of piperidine rings is 1. The predicted molar refractivity (Wildman–Crippen MR) is 86.9 cm³/mol. The van der Waals surface area contributed by atoms with Crippen LogP contribution in [0.4, 0.5) is 10.1 Å². The van der Waals surface area contributed by atoms with E-state index < -0.39 is 0 Å². The molecule has 0 radical (unpaired) electrons. The summed E-state index contributed by atoms with van der Waals surface area (Å²) >= 11 is 3.16. The summed E-state index contributed by atoms with van der Waals surface area (Å²) < 4.78 is 14.1. The van der Waals surface area contributed by atoms with Crippen molar-refractivity contribution in [1.82, 2.24) is 5.32 Å². The number of nitrogens with one attached hydrogen (secondary N) is 2. The van der Waals surface area contributed by atoms with Crippen molar-refractivity contribution >= 4 is 27.5 Å². The topological polar surface area (TPSA) is 41.1 Å². The molecule has 0 bridgehead atoms. The summed E-state index contributed by atoms with van der Waals surface area (Å²) in [6, 6.07) is 3.07. The second kappa shape index (κ2) is 6.88. The molecule has 1 amide bonds. The summed E-state index contributed by atoms with van der Waals surface area (Å²) in [6.45, 7) is 5.62. The molecule has 3 nitrogen and oxygen atoms in total. The Bertz CT molecular complexity index is 522. The molecule has 5 heteroatoms. The van der Waals surface area contributed by atoms with Gasteiger partial charge in [-0.1, -0.05) is 13.3 Å². The Kier molecular flexibility index (Phi) is 5.38. The average molecular weight is 357 g/mol. The van der Waals surface area contributed by atoms with Gasteiger partial charge < -0.3 is 10.6 Å². The SMILES string of the molecule is CCCC1(C(=O)Nc2cc(F)c(Br)cc2C)CCCNC1. The summed E-state index contributed by atoms with van der Waals surface area (Å²) in [5.41, 5.74) is 1.04. The van der Waals surface area contributed by atoms with E-state index >= 15 is 0 Å². The van der Waals surface area contributed by atoms with Gasteiger partial charge in [0.2, 0.25) is 5.91 Å². The first-order valence-corrected chi connectivity index (χ1v) is 8.25. The molecule has 0 saturated carbocycles. The van der Waals surface area contributed by atoms with Gasteiger partial charge in [0.05, 0.1) is 9.89 Å².